The van der Waals surface area contributed by atoms with Gasteiger partial charge in [0, 0.05) is 22.4 Å². The van der Waals surface area contributed by atoms with Crippen LogP contribution in [0.15, 0.2) is 47.6 Å². The van der Waals surface area contributed by atoms with Crippen LogP contribution < -0.4 is 4.90 Å². The van der Waals surface area contributed by atoms with Gasteiger partial charge >= 0.3 is 0 Å². The Hall–Kier alpha value is -2.66. The molecule has 3 fully saturated rings. The number of rotatable bonds is 2. The van der Waals surface area contributed by atoms with Gasteiger partial charge in [-0.1, -0.05) is 53.2 Å². The molecule has 0 unspecified atom stereocenters. The van der Waals surface area contributed by atoms with Crippen molar-refractivity contribution in [3.05, 3.63) is 64.2 Å². The smallest absolute Gasteiger partial charge is 0.238 e. The first-order valence-corrected chi connectivity index (χ1v) is 10.8. The Labute approximate surface area is 179 Å². The molecular weight excluding hydrogens is 400 g/mol. The molecule has 0 spiro atoms. The maximum absolute atomic E-state index is 13.6. The quantitative estimate of drug-likeness (QED) is 0.686. The van der Waals surface area contributed by atoms with Crippen molar-refractivity contribution in [3.8, 4) is 0 Å². The molecule has 0 N–H and O–H groups in total. The highest BCUT2D eigenvalue weighted by molar-refractivity contribution is 6.34. The zero-order valence-electron chi connectivity index (χ0n) is 16.7. The van der Waals surface area contributed by atoms with Crippen molar-refractivity contribution >= 4 is 34.8 Å². The van der Waals surface area contributed by atoms with E-state index in [1.165, 1.54) is 4.90 Å². The van der Waals surface area contributed by atoms with Crippen molar-refractivity contribution in [2.75, 3.05) is 4.90 Å². The van der Waals surface area contributed by atoms with Gasteiger partial charge in [-0.3, -0.25) is 9.59 Å². The third-order valence-corrected chi connectivity index (χ3v) is 7.83. The third kappa shape index (κ3) is 2.16. The van der Waals surface area contributed by atoms with Gasteiger partial charge in [0.05, 0.1) is 23.2 Å². The van der Waals surface area contributed by atoms with Gasteiger partial charge in [0.25, 0.3) is 0 Å². The summed E-state index contributed by atoms with van der Waals surface area (Å²) >= 11 is 6.43. The van der Waals surface area contributed by atoms with Crippen LogP contribution in [0.2, 0.25) is 5.02 Å². The second kappa shape index (κ2) is 6.17. The lowest BCUT2D eigenvalue weighted by molar-refractivity contribution is -0.125. The Morgan fingerprint density at radius 1 is 0.933 bits per heavy atom. The summed E-state index contributed by atoms with van der Waals surface area (Å²) in [6, 6.07) is 13.5. The van der Waals surface area contributed by atoms with Gasteiger partial charge in [-0.2, -0.15) is 0 Å². The molecule has 30 heavy (non-hydrogen) atoms. The molecule has 6 rings (SSSR count). The monoisotopic (exact) mass is 420 g/mol. The van der Waals surface area contributed by atoms with Crippen LogP contribution in [-0.2, 0) is 14.4 Å². The minimum Gasteiger partial charge on any atom is -0.391 e. The second-order valence-corrected chi connectivity index (χ2v) is 9.33. The summed E-state index contributed by atoms with van der Waals surface area (Å²) in [5.41, 5.74) is 4.31. The number of oxime groups is 1. The van der Waals surface area contributed by atoms with E-state index in [9.17, 15) is 9.59 Å². The Balaban J connectivity index is 1.40. The lowest BCUT2D eigenvalue weighted by atomic mass is 9.71. The van der Waals surface area contributed by atoms with Gasteiger partial charge < -0.3 is 4.84 Å². The number of fused-ring (bicyclic) bond motifs is 8. The average Bonchev–Trinajstić information content (AvgIpc) is 3.45. The first-order chi connectivity index (χ1) is 14.5. The summed E-state index contributed by atoms with van der Waals surface area (Å²) in [7, 11) is 0. The summed E-state index contributed by atoms with van der Waals surface area (Å²) in [4.78, 5) is 34.4. The second-order valence-electron chi connectivity index (χ2n) is 8.92. The van der Waals surface area contributed by atoms with Crippen molar-refractivity contribution < 1.29 is 14.4 Å². The number of imide groups is 1. The number of carbonyl (C=O) groups excluding carboxylic acids is 2. The molecule has 152 valence electrons. The summed E-state index contributed by atoms with van der Waals surface area (Å²) in [6.45, 7) is 3.90. The van der Waals surface area contributed by atoms with E-state index in [1.54, 1.807) is 0 Å². The van der Waals surface area contributed by atoms with Crippen molar-refractivity contribution in [2.24, 2.45) is 34.7 Å². The molecule has 2 aromatic rings. The van der Waals surface area contributed by atoms with Gasteiger partial charge in [-0.05, 0) is 43.4 Å². The Morgan fingerprint density at radius 2 is 1.60 bits per heavy atom. The highest BCUT2D eigenvalue weighted by Crippen LogP contribution is 2.62. The minimum absolute atomic E-state index is 0.00539. The predicted octanol–water partition coefficient (Wildman–Crippen LogP) is 4.13. The van der Waals surface area contributed by atoms with Crippen LogP contribution in [0.4, 0.5) is 5.69 Å². The molecule has 2 aliphatic carbocycles. The SMILES string of the molecule is Cc1cccc(C)c1N1C(=O)[C@@H]2[C@H]3C[C@H]([C@H]4ON=C(c5ccccc5Cl)[C@H]34)[C@@H]2C1=O. The van der Waals surface area contributed by atoms with E-state index in [-0.39, 0.29) is 47.5 Å². The fraction of sp³-hybridized carbons (Fsp3) is 0.375. The number of para-hydroxylation sites is 1. The van der Waals surface area contributed by atoms with Crippen LogP contribution in [-0.4, -0.2) is 23.6 Å². The number of aryl methyl sites for hydroxylation is 2. The van der Waals surface area contributed by atoms with E-state index in [1.807, 2.05) is 56.3 Å². The molecule has 0 aromatic heterocycles. The van der Waals surface area contributed by atoms with Crippen LogP contribution in [0, 0.1) is 43.4 Å². The maximum Gasteiger partial charge on any atom is 0.238 e. The fourth-order valence-electron chi connectivity index (χ4n) is 6.40. The third-order valence-electron chi connectivity index (χ3n) is 7.50. The number of halogens is 1. The normalized spacial score (nSPS) is 33.6. The zero-order chi connectivity index (χ0) is 20.7. The lowest BCUT2D eigenvalue weighted by Gasteiger charge is -2.30. The largest absolute Gasteiger partial charge is 0.391 e. The van der Waals surface area contributed by atoms with E-state index in [2.05, 4.69) is 5.16 Å². The van der Waals surface area contributed by atoms with Crippen LogP contribution in [0.3, 0.4) is 0 Å². The van der Waals surface area contributed by atoms with E-state index >= 15 is 0 Å². The summed E-state index contributed by atoms with van der Waals surface area (Å²) < 4.78 is 0. The fourth-order valence-corrected chi connectivity index (χ4v) is 6.63. The molecule has 2 aliphatic heterocycles. The molecule has 4 aliphatic rings. The number of anilines is 1. The predicted molar refractivity (Wildman–Crippen MR) is 113 cm³/mol. The molecule has 2 bridgehead atoms. The van der Waals surface area contributed by atoms with Gasteiger partial charge in [0.1, 0.15) is 6.10 Å². The van der Waals surface area contributed by atoms with Crippen LogP contribution in [0.25, 0.3) is 0 Å². The Morgan fingerprint density at radius 3 is 2.30 bits per heavy atom. The molecule has 2 saturated carbocycles. The van der Waals surface area contributed by atoms with E-state index in [0.29, 0.717) is 5.02 Å². The van der Waals surface area contributed by atoms with Crippen LogP contribution in [0.1, 0.15) is 23.1 Å². The lowest BCUT2D eigenvalue weighted by Crippen LogP contribution is -2.41. The van der Waals surface area contributed by atoms with Crippen molar-refractivity contribution in [1.82, 2.24) is 0 Å². The van der Waals surface area contributed by atoms with Crippen molar-refractivity contribution in [1.29, 1.82) is 0 Å². The first kappa shape index (κ1) is 18.1. The molecule has 6 heteroatoms. The molecule has 5 nitrogen and oxygen atoms in total. The topological polar surface area (TPSA) is 59.0 Å². The minimum atomic E-state index is -0.316. The molecule has 0 radical (unpaired) electrons. The zero-order valence-corrected chi connectivity index (χ0v) is 17.5. The molecule has 6 atom stereocenters. The number of benzene rings is 2. The first-order valence-electron chi connectivity index (χ1n) is 10.4. The van der Waals surface area contributed by atoms with E-state index < -0.39 is 0 Å². The molecule has 1 saturated heterocycles. The van der Waals surface area contributed by atoms with Gasteiger partial charge in [-0.25, -0.2) is 4.90 Å². The number of hydrogen-bond acceptors (Lipinski definition) is 4. The summed E-state index contributed by atoms with van der Waals surface area (Å²) in [5, 5.41) is 5.00. The number of hydrogen-bond donors (Lipinski definition) is 0. The Bertz CT molecular complexity index is 1120. The highest BCUT2D eigenvalue weighted by Gasteiger charge is 2.70. The van der Waals surface area contributed by atoms with E-state index in [0.717, 1.165) is 34.5 Å². The van der Waals surface area contributed by atoms with Gasteiger partial charge in [0.15, 0.2) is 0 Å². The highest BCUT2D eigenvalue weighted by atomic mass is 35.5. The molecule has 2 aromatic carbocycles. The van der Waals surface area contributed by atoms with E-state index in [4.69, 9.17) is 16.4 Å². The standard InChI is InChI=1S/C24H21ClN2O3/c1-11-6-5-7-12(2)21(11)27-23(28)17-14-10-15(18(17)24(27)29)22-19(14)20(26-30-22)13-8-3-4-9-16(13)25/h3-9,14-15,17-19,22H,10H2,1-2H3/t14-,15+,17-,18+,19+,22-/m1/s1. The van der Waals surface area contributed by atoms with Crippen LogP contribution in [0.5, 0.6) is 0 Å². The average molecular weight is 421 g/mol. The summed E-state index contributed by atoms with van der Waals surface area (Å²) in [5.74, 6) is -0.707. The Kier molecular flexibility index (Phi) is 3.73. The number of amides is 2. The number of carbonyl (C=O) groups is 2. The van der Waals surface area contributed by atoms with Gasteiger partial charge in [-0.15, -0.1) is 0 Å². The van der Waals surface area contributed by atoms with Crippen LogP contribution >= 0.6 is 11.6 Å². The molecule has 2 amide bonds. The molecular formula is C24H21ClN2O3. The number of nitrogens with zero attached hydrogens (tertiary/aromatic N) is 2. The maximum atomic E-state index is 13.6. The molecule has 2 heterocycles. The van der Waals surface area contributed by atoms with Gasteiger partial charge in [0.2, 0.25) is 11.8 Å². The summed E-state index contributed by atoms with van der Waals surface area (Å²) in [6.07, 6.45) is 0.670. The van der Waals surface area contributed by atoms with Crippen molar-refractivity contribution in [3.63, 3.8) is 0 Å². The van der Waals surface area contributed by atoms with Crippen molar-refractivity contribution in [2.45, 2.75) is 26.4 Å².